The molecule has 1 N–H and O–H groups in total. The third kappa shape index (κ3) is 4.76. The number of amides is 1. The lowest BCUT2D eigenvalue weighted by Gasteiger charge is -2.06. The minimum atomic E-state index is -0.435. The number of nitrogens with one attached hydrogen (secondary N) is 1. The lowest BCUT2D eigenvalue weighted by Crippen LogP contribution is -2.11. The molecule has 0 aliphatic heterocycles. The molecular weight excluding hydrogens is 414 g/mol. The first kappa shape index (κ1) is 20.3. The van der Waals surface area contributed by atoms with Crippen LogP contribution in [0.3, 0.4) is 0 Å². The van der Waals surface area contributed by atoms with Gasteiger partial charge in [-0.25, -0.2) is 4.98 Å². The Morgan fingerprint density at radius 2 is 1.74 bits per heavy atom. The molecule has 0 spiro atoms. The van der Waals surface area contributed by atoms with Crippen LogP contribution in [0.5, 0.6) is 0 Å². The number of nitro groups is 1. The fourth-order valence-electron chi connectivity index (χ4n) is 3.09. The molecule has 7 heteroatoms. The number of nitrogens with zero attached hydrogens (tertiary/aromatic N) is 2. The van der Waals surface area contributed by atoms with E-state index in [-0.39, 0.29) is 11.6 Å². The van der Waals surface area contributed by atoms with Gasteiger partial charge in [-0.3, -0.25) is 14.9 Å². The maximum atomic E-state index is 12.4. The number of pyridine rings is 1. The van der Waals surface area contributed by atoms with Crippen LogP contribution < -0.4 is 5.32 Å². The van der Waals surface area contributed by atoms with Gasteiger partial charge < -0.3 is 5.32 Å². The molecule has 0 atom stereocenters. The highest BCUT2D eigenvalue weighted by Gasteiger charge is 2.12. The van der Waals surface area contributed by atoms with Gasteiger partial charge >= 0.3 is 0 Å². The van der Waals surface area contributed by atoms with Gasteiger partial charge in [-0.15, -0.1) is 0 Å². The van der Waals surface area contributed by atoms with E-state index < -0.39 is 4.92 Å². The average Bonchev–Trinajstić information content (AvgIpc) is 2.77. The van der Waals surface area contributed by atoms with E-state index >= 15 is 0 Å². The van der Waals surface area contributed by atoms with Crippen LogP contribution in [-0.2, 0) is 0 Å². The summed E-state index contributed by atoms with van der Waals surface area (Å²) >= 11 is 5.86. The Morgan fingerprint density at radius 1 is 0.968 bits per heavy atom. The number of nitro benzene ring substituents is 1. The molecule has 3 aromatic carbocycles. The van der Waals surface area contributed by atoms with Gasteiger partial charge in [0.2, 0.25) is 0 Å². The Hall–Kier alpha value is -4.03. The SMILES string of the molecule is O=C(Nc1cccc(/C=C/c2ccc3cccc([N+](=O)[O-])c3n2)c1)c1ccc(Cl)cc1. The first-order valence-electron chi connectivity index (χ1n) is 9.39. The molecule has 0 aliphatic carbocycles. The molecule has 0 unspecified atom stereocenters. The fourth-order valence-corrected chi connectivity index (χ4v) is 3.22. The summed E-state index contributed by atoms with van der Waals surface area (Å²) in [5.41, 5.74) is 2.91. The van der Waals surface area contributed by atoms with Crippen LogP contribution in [0.1, 0.15) is 21.6 Å². The van der Waals surface area contributed by atoms with Crippen molar-refractivity contribution in [1.82, 2.24) is 4.98 Å². The zero-order valence-corrected chi connectivity index (χ0v) is 16.9. The van der Waals surface area contributed by atoms with Crippen LogP contribution in [0.4, 0.5) is 11.4 Å². The summed E-state index contributed by atoms with van der Waals surface area (Å²) < 4.78 is 0. The van der Waals surface area contributed by atoms with Crippen LogP contribution in [0.2, 0.25) is 5.02 Å². The first-order chi connectivity index (χ1) is 15.0. The fraction of sp³-hybridized carbons (Fsp3) is 0. The summed E-state index contributed by atoms with van der Waals surface area (Å²) in [6.07, 6.45) is 3.61. The lowest BCUT2D eigenvalue weighted by molar-refractivity contribution is -0.383. The number of hydrogen-bond acceptors (Lipinski definition) is 4. The zero-order chi connectivity index (χ0) is 21.8. The van der Waals surface area contributed by atoms with Gasteiger partial charge in [0.15, 0.2) is 0 Å². The largest absolute Gasteiger partial charge is 0.322 e. The third-order valence-electron chi connectivity index (χ3n) is 4.61. The molecule has 0 aliphatic rings. The summed E-state index contributed by atoms with van der Waals surface area (Å²) in [5, 5.41) is 15.4. The van der Waals surface area contributed by atoms with Crippen LogP contribution in [0, 0.1) is 10.1 Å². The number of non-ortho nitro benzene ring substituents is 1. The summed E-state index contributed by atoms with van der Waals surface area (Å²) in [4.78, 5) is 27.6. The number of halogens is 1. The molecule has 4 aromatic rings. The number of fused-ring (bicyclic) bond motifs is 1. The van der Waals surface area contributed by atoms with E-state index in [1.807, 2.05) is 24.3 Å². The maximum absolute atomic E-state index is 12.4. The second-order valence-corrected chi connectivity index (χ2v) is 7.20. The molecule has 0 fully saturated rings. The minimum absolute atomic E-state index is 0.0281. The number of para-hydroxylation sites is 1. The Kier molecular flexibility index (Phi) is 5.73. The molecule has 1 amide bonds. The monoisotopic (exact) mass is 429 g/mol. The van der Waals surface area contributed by atoms with E-state index in [9.17, 15) is 14.9 Å². The number of carbonyl (C=O) groups is 1. The van der Waals surface area contributed by atoms with Gasteiger partial charge in [-0.2, -0.15) is 0 Å². The summed E-state index contributed by atoms with van der Waals surface area (Å²) in [6, 6.07) is 22.5. The predicted molar refractivity (Wildman–Crippen MR) is 123 cm³/mol. The van der Waals surface area contributed by atoms with Crippen molar-refractivity contribution in [3.63, 3.8) is 0 Å². The molecule has 152 valence electrons. The first-order valence-corrected chi connectivity index (χ1v) is 9.77. The third-order valence-corrected chi connectivity index (χ3v) is 4.87. The topological polar surface area (TPSA) is 85.1 Å². The standard InChI is InChI=1S/C24H16ClN3O3/c25-19-11-8-18(9-12-19)24(29)27-21-5-1-3-16(15-21)7-13-20-14-10-17-4-2-6-22(28(30)31)23(17)26-20/h1-15H,(H,27,29)/b13-7+. The van der Waals surface area contributed by atoms with Gasteiger partial charge in [0.1, 0.15) is 5.52 Å². The number of benzene rings is 3. The van der Waals surface area contributed by atoms with E-state index in [2.05, 4.69) is 10.3 Å². The summed E-state index contributed by atoms with van der Waals surface area (Å²) in [7, 11) is 0. The van der Waals surface area contributed by atoms with E-state index in [1.165, 1.54) is 6.07 Å². The predicted octanol–water partition coefficient (Wildman–Crippen LogP) is 6.22. The minimum Gasteiger partial charge on any atom is -0.322 e. The van der Waals surface area contributed by atoms with Crippen molar-refractivity contribution in [3.8, 4) is 0 Å². The molecule has 4 rings (SSSR count). The van der Waals surface area contributed by atoms with Crippen molar-refractivity contribution in [3.05, 3.63) is 111 Å². The van der Waals surface area contributed by atoms with E-state index in [4.69, 9.17) is 11.6 Å². The Morgan fingerprint density at radius 3 is 2.52 bits per heavy atom. The molecule has 31 heavy (non-hydrogen) atoms. The molecule has 0 bridgehead atoms. The van der Waals surface area contributed by atoms with E-state index in [0.717, 1.165) is 5.56 Å². The number of anilines is 1. The molecule has 0 saturated carbocycles. The van der Waals surface area contributed by atoms with Crippen LogP contribution in [0.15, 0.2) is 78.9 Å². The van der Waals surface area contributed by atoms with Crippen molar-refractivity contribution in [2.75, 3.05) is 5.32 Å². The molecule has 6 nitrogen and oxygen atoms in total. The highest BCUT2D eigenvalue weighted by molar-refractivity contribution is 6.30. The summed E-state index contributed by atoms with van der Waals surface area (Å²) in [5.74, 6) is -0.235. The molecule has 1 heterocycles. The maximum Gasteiger partial charge on any atom is 0.295 e. The number of rotatable bonds is 5. The van der Waals surface area contributed by atoms with Gasteiger partial charge in [-0.1, -0.05) is 48.0 Å². The van der Waals surface area contributed by atoms with Crippen LogP contribution >= 0.6 is 11.6 Å². The Balaban J connectivity index is 1.54. The Bertz CT molecular complexity index is 1320. The second kappa shape index (κ2) is 8.77. The highest BCUT2D eigenvalue weighted by Crippen LogP contribution is 2.24. The van der Waals surface area contributed by atoms with Crippen molar-refractivity contribution < 1.29 is 9.72 Å². The van der Waals surface area contributed by atoms with Gasteiger partial charge in [0, 0.05) is 27.7 Å². The van der Waals surface area contributed by atoms with Crippen LogP contribution in [-0.4, -0.2) is 15.8 Å². The lowest BCUT2D eigenvalue weighted by atomic mass is 10.1. The van der Waals surface area contributed by atoms with E-state index in [1.54, 1.807) is 60.7 Å². The van der Waals surface area contributed by atoms with Crippen molar-refractivity contribution >= 4 is 51.9 Å². The zero-order valence-electron chi connectivity index (χ0n) is 16.2. The molecular formula is C24H16ClN3O3. The van der Waals surface area contributed by atoms with Crippen LogP contribution in [0.25, 0.3) is 23.1 Å². The summed E-state index contributed by atoms with van der Waals surface area (Å²) in [6.45, 7) is 0. The number of aromatic nitrogens is 1. The number of carbonyl (C=O) groups excluding carboxylic acids is 1. The van der Waals surface area contributed by atoms with Gasteiger partial charge in [0.25, 0.3) is 11.6 Å². The van der Waals surface area contributed by atoms with Crippen molar-refractivity contribution in [2.24, 2.45) is 0 Å². The highest BCUT2D eigenvalue weighted by atomic mass is 35.5. The second-order valence-electron chi connectivity index (χ2n) is 6.76. The Labute approximate surface area is 183 Å². The van der Waals surface area contributed by atoms with Crippen molar-refractivity contribution in [1.29, 1.82) is 0 Å². The number of hydrogen-bond donors (Lipinski definition) is 1. The van der Waals surface area contributed by atoms with Gasteiger partial charge in [-0.05, 0) is 54.1 Å². The molecule has 0 saturated heterocycles. The molecule has 0 radical (unpaired) electrons. The quantitative estimate of drug-likeness (QED) is 0.301. The van der Waals surface area contributed by atoms with Crippen molar-refractivity contribution in [2.45, 2.75) is 0 Å². The smallest absolute Gasteiger partial charge is 0.295 e. The normalized spacial score (nSPS) is 11.0. The molecule has 1 aromatic heterocycles. The van der Waals surface area contributed by atoms with Gasteiger partial charge in [0.05, 0.1) is 10.6 Å². The average molecular weight is 430 g/mol. The van der Waals surface area contributed by atoms with E-state index in [0.29, 0.717) is 32.9 Å².